The molecule has 1 unspecified atom stereocenters. The number of rotatable bonds is 6. The molecular formula is C15H26N4O2S. The van der Waals surface area contributed by atoms with Crippen molar-refractivity contribution >= 4 is 15.7 Å². The summed E-state index contributed by atoms with van der Waals surface area (Å²) in [6.07, 6.45) is 5.67. The molecular weight excluding hydrogens is 300 g/mol. The molecule has 0 amide bonds. The van der Waals surface area contributed by atoms with E-state index in [0.717, 1.165) is 25.9 Å². The highest BCUT2D eigenvalue weighted by Crippen LogP contribution is 2.19. The maximum atomic E-state index is 11.9. The van der Waals surface area contributed by atoms with E-state index in [2.05, 4.69) is 15.2 Å². The number of aromatic nitrogens is 1. The van der Waals surface area contributed by atoms with Gasteiger partial charge in [0, 0.05) is 57.3 Å². The first-order valence-electron chi connectivity index (χ1n) is 7.69. The van der Waals surface area contributed by atoms with Crippen LogP contribution < -0.4 is 10.2 Å². The number of nitrogens with zero attached hydrogens (tertiary/aromatic N) is 3. The Morgan fingerprint density at radius 2 is 1.91 bits per heavy atom. The summed E-state index contributed by atoms with van der Waals surface area (Å²) in [6.45, 7) is 3.90. The Balaban J connectivity index is 1.80. The second-order valence-corrected chi connectivity index (χ2v) is 8.32. The van der Waals surface area contributed by atoms with Crippen molar-refractivity contribution in [2.24, 2.45) is 0 Å². The average Bonchev–Trinajstić information content (AvgIpc) is 2.48. The van der Waals surface area contributed by atoms with Crippen LogP contribution in [0.3, 0.4) is 0 Å². The molecule has 6 nitrogen and oxygen atoms in total. The van der Waals surface area contributed by atoms with Crippen molar-refractivity contribution in [1.29, 1.82) is 0 Å². The zero-order valence-corrected chi connectivity index (χ0v) is 14.4. The predicted molar refractivity (Wildman–Crippen MR) is 89.5 cm³/mol. The van der Waals surface area contributed by atoms with Gasteiger partial charge >= 0.3 is 0 Å². The summed E-state index contributed by atoms with van der Waals surface area (Å²) in [5, 5.41) is 3.46. The molecule has 1 fully saturated rings. The van der Waals surface area contributed by atoms with Crippen LogP contribution in [-0.4, -0.2) is 62.7 Å². The lowest BCUT2D eigenvalue weighted by atomic mass is 10.0. The third-order valence-electron chi connectivity index (χ3n) is 4.06. The Labute approximate surface area is 133 Å². The minimum atomic E-state index is -3.15. The van der Waals surface area contributed by atoms with Gasteiger partial charge in [0.15, 0.2) is 0 Å². The lowest BCUT2D eigenvalue weighted by Crippen LogP contribution is -2.48. The van der Waals surface area contributed by atoms with Crippen molar-refractivity contribution < 1.29 is 8.42 Å². The molecule has 1 aromatic rings. The second-order valence-electron chi connectivity index (χ2n) is 6.10. The molecule has 0 bridgehead atoms. The number of hydrogen-bond donors (Lipinski definition) is 1. The Hall–Kier alpha value is -1.18. The Morgan fingerprint density at radius 1 is 1.32 bits per heavy atom. The fourth-order valence-corrected chi connectivity index (χ4v) is 3.80. The molecule has 7 heteroatoms. The number of piperidine rings is 1. The molecule has 1 saturated heterocycles. The van der Waals surface area contributed by atoms with Crippen LogP contribution in [0.5, 0.6) is 0 Å². The van der Waals surface area contributed by atoms with Gasteiger partial charge < -0.3 is 10.2 Å². The van der Waals surface area contributed by atoms with E-state index in [-0.39, 0.29) is 11.8 Å². The van der Waals surface area contributed by atoms with Gasteiger partial charge in [-0.2, -0.15) is 0 Å². The highest BCUT2D eigenvalue weighted by Gasteiger charge is 2.23. The van der Waals surface area contributed by atoms with E-state index in [0.29, 0.717) is 6.04 Å². The Morgan fingerprint density at radius 3 is 2.45 bits per heavy atom. The van der Waals surface area contributed by atoms with Crippen LogP contribution in [0.2, 0.25) is 0 Å². The summed E-state index contributed by atoms with van der Waals surface area (Å²) < 4.78 is 25.1. The van der Waals surface area contributed by atoms with Gasteiger partial charge in [-0.15, -0.1) is 0 Å². The minimum absolute atomic E-state index is 0.0372. The standard InChI is InChI=1S/C15H26N4O2S/c1-13(12-22(20,21)18(2)3)17-14-6-10-19(11-7-14)15-4-8-16-9-5-15/h4-5,8-9,13-14,17H,6-7,10-12H2,1-3H3. The molecule has 1 aromatic heterocycles. The monoisotopic (exact) mass is 326 g/mol. The summed E-state index contributed by atoms with van der Waals surface area (Å²) in [5.74, 6) is 0.143. The van der Waals surface area contributed by atoms with Gasteiger partial charge in [-0.25, -0.2) is 12.7 Å². The van der Waals surface area contributed by atoms with Crippen molar-refractivity contribution in [2.45, 2.75) is 31.8 Å². The van der Waals surface area contributed by atoms with Crippen LogP contribution in [0, 0.1) is 0 Å². The Bertz CT molecular complexity index is 554. The molecule has 22 heavy (non-hydrogen) atoms. The highest BCUT2D eigenvalue weighted by atomic mass is 32.2. The minimum Gasteiger partial charge on any atom is -0.371 e. The van der Waals surface area contributed by atoms with Gasteiger partial charge in [0.05, 0.1) is 5.75 Å². The van der Waals surface area contributed by atoms with Crippen molar-refractivity contribution in [3.63, 3.8) is 0 Å². The van der Waals surface area contributed by atoms with Crippen molar-refractivity contribution in [3.05, 3.63) is 24.5 Å². The van der Waals surface area contributed by atoms with Gasteiger partial charge in [-0.1, -0.05) is 0 Å². The molecule has 1 atom stereocenters. The lowest BCUT2D eigenvalue weighted by molar-refractivity contribution is 0.384. The van der Waals surface area contributed by atoms with E-state index in [9.17, 15) is 8.42 Å². The molecule has 0 saturated carbocycles. The van der Waals surface area contributed by atoms with Crippen LogP contribution in [-0.2, 0) is 10.0 Å². The summed E-state index contributed by atoms with van der Waals surface area (Å²) >= 11 is 0. The molecule has 2 rings (SSSR count). The largest absolute Gasteiger partial charge is 0.371 e. The smallest absolute Gasteiger partial charge is 0.215 e. The van der Waals surface area contributed by atoms with Crippen LogP contribution in [0.1, 0.15) is 19.8 Å². The van der Waals surface area contributed by atoms with Crippen LogP contribution >= 0.6 is 0 Å². The van der Waals surface area contributed by atoms with Crippen LogP contribution in [0.25, 0.3) is 0 Å². The van der Waals surface area contributed by atoms with E-state index < -0.39 is 10.0 Å². The molecule has 0 spiro atoms. The third-order valence-corrected chi connectivity index (χ3v) is 6.09. The third kappa shape index (κ3) is 4.66. The topological polar surface area (TPSA) is 65.5 Å². The number of hydrogen-bond acceptors (Lipinski definition) is 5. The number of sulfonamides is 1. The SMILES string of the molecule is CC(CS(=O)(=O)N(C)C)NC1CCN(c2ccncc2)CC1. The predicted octanol–water partition coefficient (Wildman–Crippen LogP) is 0.920. The maximum absolute atomic E-state index is 11.9. The van der Waals surface area contributed by atoms with E-state index in [4.69, 9.17) is 0 Å². The number of nitrogens with one attached hydrogen (secondary N) is 1. The van der Waals surface area contributed by atoms with E-state index in [1.54, 1.807) is 14.1 Å². The van der Waals surface area contributed by atoms with Gasteiger partial charge in [0.25, 0.3) is 0 Å². The van der Waals surface area contributed by atoms with E-state index in [1.165, 1.54) is 9.99 Å². The van der Waals surface area contributed by atoms with Crippen LogP contribution in [0.4, 0.5) is 5.69 Å². The molecule has 124 valence electrons. The zero-order valence-electron chi connectivity index (χ0n) is 13.6. The molecule has 1 aliphatic heterocycles. The summed E-state index contributed by atoms with van der Waals surface area (Å²) in [7, 11) is 0.00877. The van der Waals surface area contributed by atoms with Gasteiger partial charge in [0.2, 0.25) is 10.0 Å². The quantitative estimate of drug-likeness (QED) is 0.842. The fourth-order valence-electron chi connectivity index (χ4n) is 2.77. The number of pyridine rings is 1. The molecule has 1 N–H and O–H groups in total. The second kappa shape index (κ2) is 7.39. The highest BCUT2D eigenvalue weighted by molar-refractivity contribution is 7.89. The zero-order chi connectivity index (χ0) is 16.2. The van der Waals surface area contributed by atoms with Gasteiger partial charge in [0.1, 0.15) is 0 Å². The lowest BCUT2D eigenvalue weighted by Gasteiger charge is -2.35. The summed E-state index contributed by atoms with van der Waals surface area (Å²) in [6, 6.07) is 4.40. The van der Waals surface area contributed by atoms with E-state index in [1.807, 2.05) is 31.5 Å². The molecule has 0 aliphatic carbocycles. The first-order chi connectivity index (χ1) is 10.4. The molecule has 0 radical (unpaired) electrons. The summed E-state index contributed by atoms with van der Waals surface area (Å²) in [4.78, 5) is 6.39. The van der Waals surface area contributed by atoms with Crippen LogP contribution in [0.15, 0.2) is 24.5 Å². The maximum Gasteiger partial charge on any atom is 0.215 e. The molecule has 1 aliphatic rings. The molecule has 2 heterocycles. The van der Waals surface area contributed by atoms with E-state index >= 15 is 0 Å². The molecule has 0 aromatic carbocycles. The van der Waals surface area contributed by atoms with Gasteiger partial charge in [-0.05, 0) is 31.9 Å². The first kappa shape index (κ1) is 17.2. The average molecular weight is 326 g/mol. The van der Waals surface area contributed by atoms with Crippen molar-refractivity contribution in [1.82, 2.24) is 14.6 Å². The normalized spacial score (nSPS) is 18.6. The number of anilines is 1. The Kier molecular flexibility index (Phi) is 5.77. The first-order valence-corrected chi connectivity index (χ1v) is 9.30. The van der Waals surface area contributed by atoms with Gasteiger partial charge in [-0.3, -0.25) is 4.98 Å². The fraction of sp³-hybridized carbons (Fsp3) is 0.667. The van der Waals surface area contributed by atoms with Crippen molar-refractivity contribution in [2.75, 3.05) is 37.8 Å². The van der Waals surface area contributed by atoms with Crippen molar-refractivity contribution in [3.8, 4) is 0 Å². The summed E-state index contributed by atoms with van der Waals surface area (Å²) in [5.41, 5.74) is 1.21.